The molecule has 2 heterocycles. The van der Waals surface area contributed by atoms with Gasteiger partial charge in [0, 0.05) is 36.6 Å². The van der Waals surface area contributed by atoms with E-state index in [4.69, 9.17) is 19.4 Å². The van der Waals surface area contributed by atoms with Gasteiger partial charge >= 0.3 is 11.7 Å². The maximum absolute atomic E-state index is 12.6. The minimum Gasteiger partial charge on any atom is -0.457 e. The Balaban J connectivity index is 1.71. The van der Waals surface area contributed by atoms with Gasteiger partial charge in [-0.05, 0) is 27.4 Å². The number of carbonyl (C=O) groups excluding carboxylic acids is 1. The van der Waals surface area contributed by atoms with Crippen LogP contribution in [0.25, 0.3) is 10.4 Å². The number of H-pyrrole nitrogens is 1. The summed E-state index contributed by atoms with van der Waals surface area (Å²) >= 11 is 0. The first-order chi connectivity index (χ1) is 19.6. The number of ether oxygens (including phenoxy) is 2. The van der Waals surface area contributed by atoms with Gasteiger partial charge < -0.3 is 13.9 Å². The molecular weight excluding hydrogens is 542 g/mol. The molecule has 1 aliphatic rings. The predicted molar refractivity (Wildman–Crippen MR) is 156 cm³/mol. The van der Waals surface area contributed by atoms with E-state index in [1.807, 2.05) is 36.4 Å². The van der Waals surface area contributed by atoms with Crippen molar-refractivity contribution >= 4 is 24.7 Å². The summed E-state index contributed by atoms with van der Waals surface area (Å²) in [7, 11) is -2.84. The molecule has 12 heteroatoms. The van der Waals surface area contributed by atoms with Gasteiger partial charge in [0.05, 0.1) is 12.6 Å². The van der Waals surface area contributed by atoms with Crippen molar-refractivity contribution in [3.8, 4) is 0 Å². The van der Waals surface area contributed by atoms with E-state index in [0.717, 1.165) is 10.4 Å². The Morgan fingerprint density at radius 2 is 1.68 bits per heavy atom. The summed E-state index contributed by atoms with van der Waals surface area (Å²) in [5.41, 5.74) is 7.75. The highest BCUT2D eigenvalue weighted by Crippen LogP contribution is 2.40. The van der Waals surface area contributed by atoms with Crippen LogP contribution in [0, 0.1) is 5.92 Å². The number of benzene rings is 2. The van der Waals surface area contributed by atoms with E-state index in [-0.39, 0.29) is 11.6 Å². The molecular formula is C29H35N5O6Si. The van der Waals surface area contributed by atoms with Crippen LogP contribution in [-0.4, -0.2) is 49.2 Å². The lowest BCUT2D eigenvalue weighted by molar-refractivity contribution is -0.154. The summed E-state index contributed by atoms with van der Waals surface area (Å²) < 4.78 is 20.1. The SMILES string of the molecule is CC(=O)O[C@@H]1[C@H](CCO[Si](c2ccccc2)(c2ccccc2)C(C)(C)C)[C@@H](CN=[N+]=[N-])O[C@H]1n1ccc(=O)[nH]c1=O. The second-order valence-corrected chi connectivity index (χ2v) is 15.3. The van der Waals surface area contributed by atoms with Crippen molar-refractivity contribution in [1.29, 1.82) is 0 Å². The summed E-state index contributed by atoms with van der Waals surface area (Å²) in [5.74, 6) is -1.02. The third kappa shape index (κ3) is 6.36. The number of azide groups is 1. The molecule has 1 fully saturated rings. The van der Waals surface area contributed by atoms with E-state index < -0.39 is 49.9 Å². The number of carbonyl (C=O) groups is 1. The summed E-state index contributed by atoms with van der Waals surface area (Å²) in [6.45, 7) is 8.09. The zero-order chi connectivity index (χ0) is 29.6. The number of hydrogen-bond acceptors (Lipinski definition) is 7. The summed E-state index contributed by atoms with van der Waals surface area (Å²) in [6.07, 6.45) is -0.892. The van der Waals surface area contributed by atoms with Crippen molar-refractivity contribution in [3.05, 3.63) is 104 Å². The molecule has 0 amide bonds. The molecule has 1 saturated heterocycles. The highest BCUT2D eigenvalue weighted by Gasteiger charge is 2.51. The molecule has 41 heavy (non-hydrogen) atoms. The third-order valence-corrected chi connectivity index (χ3v) is 12.5. The molecule has 4 atom stereocenters. The van der Waals surface area contributed by atoms with Gasteiger partial charge in [-0.25, -0.2) is 4.79 Å². The molecule has 4 rings (SSSR count). The normalized spacial score (nSPS) is 20.8. The molecule has 3 aromatic rings. The van der Waals surface area contributed by atoms with Crippen molar-refractivity contribution < 1.29 is 18.7 Å². The topological polar surface area (TPSA) is 148 Å². The van der Waals surface area contributed by atoms with Crippen molar-refractivity contribution in [2.75, 3.05) is 13.2 Å². The Labute approximate surface area is 238 Å². The quantitative estimate of drug-likeness (QED) is 0.129. The van der Waals surface area contributed by atoms with E-state index >= 15 is 0 Å². The van der Waals surface area contributed by atoms with E-state index in [9.17, 15) is 14.4 Å². The zero-order valence-electron chi connectivity index (χ0n) is 23.6. The zero-order valence-corrected chi connectivity index (χ0v) is 24.6. The van der Waals surface area contributed by atoms with Gasteiger partial charge in [-0.3, -0.25) is 19.1 Å². The molecule has 11 nitrogen and oxygen atoms in total. The molecule has 0 radical (unpaired) electrons. The lowest BCUT2D eigenvalue weighted by Crippen LogP contribution is -2.66. The predicted octanol–water partition coefficient (Wildman–Crippen LogP) is 3.26. The maximum Gasteiger partial charge on any atom is 0.330 e. The molecule has 1 aromatic heterocycles. The van der Waals surface area contributed by atoms with Crippen LogP contribution in [-0.2, 0) is 18.7 Å². The molecule has 0 saturated carbocycles. The highest BCUT2D eigenvalue weighted by molar-refractivity contribution is 6.99. The number of hydrogen-bond donors (Lipinski definition) is 1. The molecule has 0 aliphatic carbocycles. The Kier molecular flexibility index (Phi) is 9.29. The van der Waals surface area contributed by atoms with Gasteiger partial charge in [0.1, 0.15) is 0 Å². The molecule has 1 N–H and O–H groups in total. The van der Waals surface area contributed by atoms with Gasteiger partial charge in [-0.2, -0.15) is 0 Å². The fourth-order valence-corrected chi connectivity index (χ4v) is 10.3. The van der Waals surface area contributed by atoms with E-state index in [2.05, 4.69) is 60.0 Å². The largest absolute Gasteiger partial charge is 0.457 e. The monoisotopic (exact) mass is 577 g/mol. The fourth-order valence-electron chi connectivity index (χ4n) is 5.72. The summed E-state index contributed by atoms with van der Waals surface area (Å²) in [4.78, 5) is 41.6. The second kappa shape index (κ2) is 12.7. The van der Waals surface area contributed by atoms with Gasteiger partial charge in [0.2, 0.25) is 0 Å². The first-order valence-corrected chi connectivity index (χ1v) is 15.4. The average Bonchev–Trinajstić information content (AvgIpc) is 3.26. The second-order valence-electron chi connectivity index (χ2n) is 11.0. The third-order valence-electron chi connectivity index (χ3n) is 7.43. The van der Waals surface area contributed by atoms with Crippen LogP contribution < -0.4 is 21.6 Å². The first kappa shape index (κ1) is 30.0. The molecule has 0 spiro atoms. The van der Waals surface area contributed by atoms with Crippen LogP contribution in [0.3, 0.4) is 0 Å². The maximum atomic E-state index is 12.6. The number of aromatic nitrogens is 2. The van der Waals surface area contributed by atoms with E-state index in [1.54, 1.807) is 0 Å². The number of nitrogens with one attached hydrogen (secondary N) is 1. The number of esters is 1. The van der Waals surface area contributed by atoms with Crippen LogP contribution in [0.4, 0.5) is 0 Å². The van der Waals surface area contributed by atoms with Crippen molar-refractivity contribution in [3.63, 3.8) is 0 Å². The number of aromatic amines is 1. The Hall–Kier alpha value is -3.96. The van der Waals surface area contributed by atoms with Crippen LogP contribution in [0.5, 0.6) is 0 Å². The minimum atomic E-state index is -2.84. The minimum absolute atomic E-state index is 0.0350. The molecule has 1 aliphatic heterocycles. The van der Waals surface area contributed by atoms with E-state index in [1.165, 1.54) is 23.8 Å². The molecule has 216 valence electrons. The summed E-state index contributed by atoms with van der Waals surface area (Å²) in [6, 6.07) is 21.6. The van der Waals surface area contributed by atoms with Crippen molar-refractivity contribution in [1.82, 2.24) is 9.55 Å². The van der Waals surface area contributed by atoms with Crippen LogP contribution in [0.2, 0.25) is 5.04 Å². The van der Waals surface area contributed by atoms with Crippen LogP contribution in [0.1, 0.15) is 40.3 Å². The molecule has 0 unspecified atom stereocenters. The summed E-state index contributed by atoms with van der Waals surface area (Å²) in [5, 5.41) is 5.72. The lowest BCUT2D eigenvalue weighted by atomic mass is 9.94. The molecule has 2 aromatic carbocycles. The van der Waals surface area contributed by atoms with Gasteiger partial charge in [-0.1, -0.05) is 86.5 Å². The number of nitrogens with zero attached hydrogens (tertiary/aromatic N) is 4. The highest BCUT2D eigenvalue weighted by atomic mass is 28.4. The van der Waals surface area contributed by atoms with Crippen LogP contribution >= 0.6 is 0 Å². The van der Waals surface area contributed by atoms with Crippen molar-refractivity contribution in [2.24, 2.45) is 11.0 Å². The van der Waals surface area contributed by atoms with Gasteiger partial charge in [0.15, 0.2) is 12.3 Å². The van der Waals surface area contributed by atoms with Gasteiger partial charge in [-0.15, -0.1) is 0 Å². The smallest absolute Gasteiger partial charge is 0.330 e. The Morgan fingerprint density at radius 3 is 2.20 bits per heavy atom. The Morgan fingerprint density at radius 1 is 1.07 bits per heavy atom. The fraction of sp³-hybridized carbons (Fsp3) is 0.414. The van der Waals surface area contributed by atoms with Crippen LogP contribution in [0.15, 0.2) is 87.6 Å². The van der Waals surface area contributed by atoms with Crippen molar-refractivity contribution in [2.45, 2.75) is 57.6 Å². The average molecular weight is 578 g/mol. The first-order valence-electron chi connectivity index (χ1n) is 13.5. The molecule has 0 bridgehead atoms. The Bertz CT molecular complexity index is 1460. The van der Waals surface area contributed by atoms with Gasteiger partial charge in [0.25, 0.3) is 13.9 Å². The number of rotatable bonds is 10. The standard InChI is InChI=1S/C29H35N5O6Si/c1-20(35)39-26-23(24(19-31-33-30)40-27(26)34-17-15-25(36)32-28(34)37)16-18-38-41(29(2,3)4,21-11-7-5-8-12-21)22-13-9-6-10-14-22/h5-15,17,23-24,26-27H,16,18-19H2,1-4H3,(H,32,36,37)/t23-,24-,26-,27-/m1/s1. The lowest BCUT2D eigenvalue weighted by Gasteiger charge is -2.43. The van der Waals surface area contributed by atoms with E-state index in [0.29, 0.717) is 13.0 Å².